The van der Waals surface area contributed by atoms with Crippen LogP contribution in [0.1, 0.15) is 32.6 Å². The molecule has 2 unspecified atom stereocenters. The summed E-state index contributed by atoms with van der Waals surface area (Å²) in [5, 5.41) is 11.6. The van der Waals surface area contributed by atoms with Crippen LogP contribution < -0.4 is 5.32 Å². The number of rotatable bonds is 4. The maximum absolute atomic E-state index is 10.3. The van der Waals surface area contributed by atoms with E-state index >= 15 is 0 Å². The van der Waals surface area contributed by atoms with E-state index in [0.717, 1.165) is 12.8 Å². The van der Waals surface area contributed by atoms with Crippen LogP contribution in [-0.2, 0) is 4.79 Å². The highest BCUT2D eigenvalue weighted by Gasteiger charge is 2.25. The first-order valence-corrected chi connectivity index (χ1v) is 4.69. The Bertz CT molecular complexity index is 159. The van der Waals surface area contributed by atoms with Crippen LogP contribution >= 0.6 is 0 Å². The zero-order valence-electron chi connectivity index (χ0n) is 7.55. The van der Waals surface area contributed by atoms with E-state index in [1.165, 1.54) is 12.8 Å². The van der Waals surface area contributed by atoms with Gasteiger partial charge < -0.3 is 10.4 Å². The molecule has 12 heavy (non-hydrogen) atoms. The van der Waals surface area contributed by atoms with Gasteiger partial charge in [0.15, 0.2) is 0 Å². The van der Waals surface area contributed by atoms with Crippen LogP contribution in [0.4, 0.5) is 0 Å². The first-order valence-electron chi connectivity index (χ1n) is 4.69. The molecule has 0 aromatic carbocycles. The maximum Gasteiger partial charge on any atom is 0.317 e. The number of hydrogen-bond donors (Lipinski definition) is 2. The molecule has 2 N–H and O–H groups in total. The lowest BCUT2D eigenvalue weighted by Gasteiger charge is -2.18. The molecule has 3 heteroatoms. The topological polar surface area (TPSA) is 49.3 Å². The third-order valence-corrected chi connectivity index (χ3v) is 2.70. The molecule has 0 aromatic rings. The third kappa shape index (κ3) is 2.48. The minimum atomic E-state index is -0.753. The van der Waals surface area contributed by atoms with Gasteiger partial charge in [-0.15, -0.1) is 0 Å². The lowest BCUT2D eigenvalue weighted by atomic mass is 10.0. The number of nitrogens with one attached hydrogen (secondary N) is 1. The summed E-state index contributed by atoms with van der Waals surface area (Å²) in [6, 6.07) is 0.450. The van der Waals surface area contributed by atoms with E-state index in [1.54, 1.807) is 0 Å². The molecular weight excluding hydrogens is 154 g/mol. The summed E-state index contributed by atoms with van der Waals surface area (Å²) in [6.45, 7) is 2.28. The monoisotopic (exact) mass is 171 g/mol. The second kappa shape index (κ2) is 4.45. The van der Waals surface area contributed by atoms with Gasteiger partial charge in [-0.25, -0.2) is 0 Å². The van der Waals surface area contributed by atoms with E-state index < -0.39 is 5.97 Å². The standard InChI is InChI=1S/C9H17NO2/c1-2-7-4-3-5-8(7)10-6-9(11)12/h7-8,10H,2-6H2,1H3,(H,11,12). The Morgan fingerprint density at radius 3 is 2.92 bits per heavy atom. The van der Waals surface area contributed by atoms with Gasteiger partial charge in [0, 0.05) is 6.04 Å². The molecule has 0 aliphatic heterocycles. The van der Waals surface area contributed by atoms with Gasteiger partial charge >= 0.3 is 5.97 Å². The van der Waals surface area contributed by atoms with Crippen molar-refractivity contribution in [2.24, 2.45) is 5.92 Å². The summed E-state index contributed by atoms with van der Waals surface area (Å²) in [6.07, 6.45) is 4.81. The second-order valence-corrected chi connectivity index (χ2v) is 3.48. The van der Waals surface area contributed by atoms with Gasteiger partial charge in [0.25, 0.3) is 0 Å². The molecule has 0 radical (unpaired) electrons. The molecular formula is C9H17NO2. The van der Waals surface area contributed by atoms with Crippen molar-refractivity contribution in [2.75, 3.05) is 6.54 Å². The van der Waals surface area contributed by atoms with Gasteiger partial charge in [-0.05, 0) is 18.8 Å². The van der Waals surface area contributed by atoms with Crippen LogP contribution in [0, 0.1) is 5.92 Å². The van der Waals surface area contributed by atoms with Crippen molar-refractivity contribution in [3.05, 3.63) is 0 Å². The molecule has 1 aliphatic carbocycles. The predicted octanol–water partition coefficient (Wildman–Crippen LogP) is 1.24. The highest BCUT2D eigenvalue weighted by Crippen LogP contribution is 2.27. The number of aliphatic carboxylic acids is 1. The molecule has 1 saturated carbocycles. The first kappa shape index (κ1) is 9.52. The van der Waals surface area contributed by atoms with Crippen LogP contribution in [-0.4, -0.2) is 23.7 Å². The minimum absolute atomic E-state index is 0.112. The Hall–Kier alpha value is -0.570. The fourth-order valence-corrected chi connectivity index (χ4v) is 2.01. The quantitative estimate of drug-likeness (QED) is 0.669. The highest BCUT2D eigenvalue weighted by molar-refractivity contribution is 5.69. The normalized spacial score (nSPS) is 29.1. The molecule has 0 saturated heterocycles. The van der Waals surface area contributed by atoms with Crippen LogP contribution in [0.3, 0.4) is 0 Å². The largest absolute Gasteiger partial charge is 0.480 e. The van der Waals surface area contributed by atoms with Crippen LogP contribution in [0.25, 0.3) is 0 Å². The van der Waals surface area contributed by atoms with E-state index in [4.69, 9.17) is 5.11 Å². The number of hydrogen-bond acceptors (Lipinski definition) is 2. The highest BCUT2D eigenvalue weighted by atomic mass is 16.4. The van der Waals surface area contributed by atoms with Gasteiger partial charge in [0.2, 0.25) is 0 Å². The Kier molecular flexibility index (Phi) is 3.53. The van der Waals surface area contributed by atoms with E-state index in [0.29, 0.717) is 12.0 Å². The smallest absolute Gasteiger partial charge is 0.317 e. The summed E-state index contributed by atoms with van der Waals surface area (Å²) in [5.74, 6) is -0.0545. The number of carboxylic acids is 1. The number of carbonyl (C=O) groups is 1. The molecule has 0 aromatic heterocycles. The lowest BCUT2D eigenvalue weighted by Crippen LogP contribution is -2.35. The molecule has 0 bridgehead atoms. The van der Waals surface area contributed by atoms with Crippen molar-refractivity contribution in [1.29, 1.82) is 0 Å². The van der Waals surface area contributed by atoms with Crippen molar-refractivity contribution >= 4 is 5.97 Å². The average molecular weight is 171 g/mol. The Morgan fingerprint density at radius 2 is 2.33 bits per heavy atom. The van der Waals surface area contributed by atoms with Crippen LogP contribution in [0.2, 0.25) is 0 Å². The third-order valence-electron chi connectivity index (χ3n) is 2.70. The van der Waals surface area contributed by atoms with Crippen molar-refractivity contribution in [3.63, 3.8) is 0 Å². The molecule has 1 fully saturated rings. The SMILES string of the molecule is CCC1CCCC1NCC(=O)O. The molecule has 1 aliphatic rings. The zero-order chi connectivity index (χ0) is 8.97. The Labute approximate surface area is 73.2 Å². The average Bonchev–Trinajstić information content (AvgIpc) is 2.47. The van der Waals surface area contributed by atoms with Gasteiger partial charge in [0.05, 0.1) is 6.54 Å². The summed E-state index contributed by atoms with van der Waals surface area (Å²) in [7, 11) is 0. The second-order valence-electron chi connectivity index (χ2n) is 3.48. The zero-order valence-corrected chi connectivity index (χ0v) is 7.55. The maximum atomic E-state index is 10.3. The van der Waals surface area contributed by atoms with E-state index in [1.807, 2.05) is 0 Å². The fourth-order valence-electron chi connectivity index (χ4n) is 2.01. The van der Waals surface area contributed by atoms with Crippen molar-refractivity contribution < 1.29 is 9.90 Å². The van der Waals surface area contributed by atoms with Crippen LogP contribution in [0.5, 0.6) is 0 Å². The van der Waals surface area contributed by atoms with Crippen LogP contribution in [0.15, 0.2) is 0 Å². The predicted molar refractivity (Wildman–Crippen MR) is 47.1 cm³/mol. The van der Waals surface area contributed by atoms with E-state index in [2.05, 4.69) is 12.2 Å². The molecule has 0 spiro atoms. The molecule has 3 nitrogen and oxygen atoms in total. The van der Waals surface area contributed by atoms with Gasteiger partial charge in [-0.2, -0.15) is 0 Å². The van der Waals surface area contributed by atoms with Gasteiger partial charge in [0.1, 0.15) is 0 Å². The first-order chi connectivity index (χ1) is 5.74. The van der Waals surface area contributed by atoms with Crippen molar-refractivity contribution in [1.82, 2.24) is 5.32 Å². The van der Waals surface area contributed by atoms with Gasteiger partial charge in [-0.1, -0.05) is 19.8 Å². The summed E-state index contributed by atoms with van der Waals surface area (Å²) >= 11 is 0. The van der Waals surface area contributed by atoms with Gasteiger partial charge in [-0.3, -0.25) is 4.79 Å². The van der Waals surface area contributed by atoms with E-state index in [-0.39, 0.29) is 6.54 Å². The Morgan fingerprint density at radius 1 is 1.58 bits per heavy atom. The summed E-state index contributed by atoms with van der Waals surface area (Å²) in [5.41, 5.74) is 0. The van der Waals surface area contributed by atoms with Crippen molar-refractivity contribution in [2.45, 2.75) is 38.6 Å². The lowest BCUT2D eigenvalue weighted by molar-refractivity contribution is -0.136. The fraction of sp³-hybridized carbons (Fsp3) is 0.889. The summed E-state index contributed by atoms with van der Waals surface area (Å²) < 4.78 is 0. The summed E-state index contributed by atoms with van der Waals surface area (Å²) in [4.78, 5) is 10.3. The molecule has 2 atom stereocenters. The van der Waals surface area contributed by atoms with Crippen molar-refractivity contribution in [3.8, 4) is 0 Å². The minimum Gasteiger partial charge on any atom is -0.480 e. The molecule has 1 rings (SSSR count). The molecule has 0 amide bonds. The number of carboxylic acid groups (broad SMARTS) is 1. The Balaban J connectivity index is 2.26. The molecule has 70 valence electrons. The van der Waals surface area contributed by atoms with E-state index in [9.17, 15) is 4.79 Å². The molecule has 0 heterocycles.